The molecule has 3 N–H and O–H groups in total. The van der Waals surface area contributed by atoms with Crippen LogP contribution in [0, 0.1) is 0 Å². The van der Waals surface area contributed by atoms with Crippen molar-refractivity contribution in [2.24, 2.45) is 0 Å². The van der Waals surface area contributed by atoms with Gasteiger partial charge in [0, 0.05) is 12.3 Å². The third-order valence-electron chi connectivity index (χ3n) is 2.72. The minimum Gasteiger partial charge on any atom is -0.396 e. The molecule has 0 saturated carbocycles. The molecule has 1 amide bonds. The van der Waals surface area contributed by atoms with E-state index in [1.165, 1.54) is 0 Å². The third-order valence-corrected chi connectivity index (χ3v) is 2.72. The minimum atomic E-state index is -0.209. The summed E-state index contributed by atoms with van der Waals surface area (Å²) in [6.07, 6.45) is 2.78. The van der Waals surface area contributed by atoms with Gasteiger partial charge >= 0.3 is 0 Å². The van der Waals surface area contributed by atoms with E-state index < -0.39 is 0 Å². The summed E-state index contributed by atoms with van der Waals surface area (Å²) >= 11 is 0. The van der Waals surface area contributed by atoms with E-state index in [1.807, 2.05) is 37.3 Å². The van der Waals surface area contributed by atoms with E-state index in [9.17, 15) is 4.79 Å². The van der Waals surface area contributed by atoms with Gasteiger partial charge in [-0.3, -0.25) is 4.79 Å². The number of hydrogen-bond acceptors (Lipinski definition) is 3. The molecule has 1 atom stereocenters. The van der Waals surface area contributed by atoms with Gasteiger partial charge in [0.1, 0.15) is 0 Å². The molecule has 1 rings (SSSR count). The highest BCUT2D eigenvalue weighted by molar-refractivity contribution is 5.94. The quantitative estimate of drug-likeness (QED) is 0.616. The number of carbonyl (C=O) groups is 1. The van der Waals surface area contributed by atoms with Crippen molar-refractivity contribution in [3.05, 3.63) is 30.3 Å². The van der Waals surface area contributed by atoms with Crippen LogP contribution in [0.25, 0.3) is 0 Å². The normalized spacial score (nSPS) is 12.1. The SMILES string of the molecule is CC(NCCCCCO)C(=O)Nc1ccccc1. The molecule has 100 valence electrons. The number of unbranched alkanes of at least 4 members (excludes halogenated alkanes) is 2. The molecule has 0 aliphatic rings. The van der Waals surface area contributed by atoms with Gasteiger partial charge in [-0.1, -0.05) is 18.2 Å². The van der Waals surface area contributed by atoms with E-state index in [0.29, 0.717) is 0 Å². The van der Waals surface area contributed by atoms with Crippen molar-refractivity contribution >= 4 is 11.6 Å². The average Bonchev–Trinajstić information content (AvgIpc) is 2.39. The molecule has 0 aliphatic carbocycles. The number of amides is 1. The first-order chi connectivity index (χ1) is 8.74. The van der Waals surface area contributed by atoms with Crippen LogP contribution in [0.1, 0.15) is 26.2 Å². The maximum Gasteiger partial charge on any atom is 0.241 e. The first-order valence-corrected chi connectivity index (χ1v) is 6.44. The van der Waals surface area contributed by atoms with Gasteiger partial charge < -0.3 is 15.7 Å². The van der Waals surface area contributed by atoms with Crippen LogP contribution in [0.4, 0.5) is 5.69 Å². The zero-order valence-corrected chi connectivity index (χ0v) is 10.9. The summed E-state index contributed by atoms with van der Waals surface area (Å²) in [5.41, 5.74) is 0.816. The van der Waals surface area contributed by atoms with Gasteiger partial charge in [0.15, 0.2) is 0 Å². The van der Waals surface area contributed by atoms with Crippen molar-refractivity contribution in [2.45, 2.75) is 32.2 Å². The van der Waals surface area contributed by atoms with Crippen molar-refractivity contribution in [2.75, 3.05) is 18.5 Å². The fraction of sp³-hybridized carbons (Fsp3) is 0.500. The second kappa shape index (κ2) is 8.66. The number of para-hydroxylation sites is 1. The molecule has 1 aromatic rings. The summed E-state index contributed by atoms with van der Waals surface area (Å²) in [4.78, 5) is 11.8. The number of rotatable bonds is 8. The zero-order chi connectivity index (χ0) is 13.2. The third kappa shape index (κ3) is 5.80. The van der Waals surface area contributed by atoms with E-state index in [2.05, 4.69) is 10.6 Å². The number of hydrogen-bond donors (Lipinski definition) is 3. The second-order valence-corrected chi connectivity index (χ2v) is 4.32. The minimum absolute atomic E-state index is 0.0247. The monoisotopic (exact) mass is 250 g/mol. The number of aliphatic hydroxyl groups excluding tert-OH is 1. The number of anilines is 1. The highest BCUT2D eigenvalue weighted by Crippen LogP contribution is 2.05. The van der Waals surface area contributed by atoms with Crippen molar-refractivity contribution in [1.29, 1.82) is 0 Å². The fourth-order valence-corrected chi connectivity index (χ4v) is 1.60. The van der Waals surface area contributed by atoms with Gasteiger partial charge in [0.2, 0.25) is 5.91 Å². The van der Waals surface area contributed by atoms with E-state index in [-0.39, 0.29) is 18.6 Å². The van der Waals surface area contributed by atoms with Crippen molar-refractivity contribution in [3.8, 4) is 0 Å². The molecule has 0 spiro atoms. The van der Waals surface area contributed by atoms with Gasteiger partial charge in [0.25, 0.3) is 0 Å². The van der Waals surface area contributed by atoms with Gasteiger partial charge in [-0.15, -0.1) is 0 Å². The van der Waals surface area contributed by atoms with Crippen LogP contribution in [0.3, 0.4) is 0 Å². The predicted molar refractivity (Wildman–Crippen MR) is 73.5 cm³/mol. The summed E-state index contributed by atoms with van der Waals surface area (Å²) in [5.74, 6) is -0.0247. The Hall–Kier alpha value is -1.39. The predicted octanol–water partition coefficient (Wildman–Crippen LogP) is 1.77. The Morgan fingerprint density at radius 2 is 1.94 bits per heavy atom. The maximum absolute atomic E-state index is 11.8. The van der Waals surface area contributed by atoms with Gasteiger partial charge in [-0.2, -0.15) is 0 Å². The van der Waals surface area contributed by atoms with Crippen LogP contribution in [-0.2, 0) is 4.79 Å². The summed E-state index contributed by atoms with van der Waals surface area (Å²) < 4.78 is 0. The average molecular weight is 250 g/mol. The molecule has 18 heavy (non-hydrogen) atoms. The number of carbonyl (C=O) groups excluding carboxylic acids is 1. The lowest BCUT2D eigenvalue weighted by molar-refractivity contribution is -0.117. The molecule has 0 fully saturated rings. The Bertz CT molecular complexity index is 341. The molecule has 0 radical (unpaired) electrons. The second-order valence-electron chi connectivity index (χ2n) is 4.32. The van der Waals surface area contributed by atoms with Gasteiger partial charge in [0.05, 0.1) is 6.04 Å². The number of nitrogens with one attached hydrogen (secondary N) is 2. The van der Waals surface area contributed by atoms with Crippen molar-refractivity contribution in [3.63, 3.8) is 0 Å². The molecule has 0 aliphatic heterocycles. The van der Waals surface area contributed by atoms with Crippen molar-refractivity contribution in [1.82, 2.24) is 5.32 Å². The molecule has 4 heteroatoms. The zero-order valence-electron chi connectivity index (χ0n) is 10.9. The van der Waals surface area contributed by atoms with Gasteiger partial charge in [-0.05, 0) is 44.9 Å². The maximum atomic E-state index is 11.8. The molecule has 1 aromatic carbocycles. The molecular weight excluding hydrogens is 228 g/mol. The first-order valence-electron chi connectivity index (χ1n) is 6.44. The highest BCUT2D eigenvalue weighted by atomic mass is 16.2. The largest absolute Gasteiger partial charge is 0.396 e. The lowest BCUT2D eigenvalue weighted by Gasteiger charge is -2.13. The summed E-state index contributed by atoms with van der Waals surface area (Å²) in [6.45, 7) is 2.89. The van der Waals surface area contributed by atoms with Gasteiger partial charge in [-0.25, -0.2) is 0 Å². The van der Waals surface area contributed by atoms with E-state index in [0.717, 1.165) is 31.5 Å². The Balaban J connectivity index is 2.21. The van der Waals surface area contributed by atoms with Crippen LogP contribution < -0.4 is 10.6 Å². The lowest BCUT2D eigenvalue weighted by atomic mass is 10.2. The first kappa shape index (κ1) is 14.7. The van der Waals surface area contributed by atoms with E-state index in [4.69, 9.17) is 5.11 Å². The van der Waals surface area contributed by atoms with Crippen molar-refractivity contribution < 1.29 is 9.90 Å². The Morgan fingerprint density at radius 3 is 2.61 bits per heavy atom. The smallest absolute Gasteiger partial charge is 0.241 e. The molecule has 0 saturated heterocycles. The molecule has 0 heterocycles. The van der Waals surface area contributed by atoms with E-state index in [1.54, 1.807) is 0 Å². The Labute approximate surface area is 108 Å². The van der Waals surface area contributed by atoms with Crippen LogP contribution in [0.15, 0.2) is 30.3 Å². The molecule has 4 nitrogen and oxygen atoms in total. The number of aliphatic hydroxyl groups is 1. The lowest BCUT2D eigenvalue weighted by Crippen LogP contribution is -2.38. The van der Waals surface area contributed by atoms with Crippen LogP contribution in [0.5, 0.6) is 0 Å². The van der Waals surface area contributed by atoms with Crippen LogP contribution in [-0.4, -0.2) is 30.2 Å². The topological polar surface area (TPSA) is 61.4 Å². The standard InChI is InChI=1S/C14H22N2O2/c1-12(15-10-6-3-7-11-17)14(18)16-13-8-4-2-5-9-13/h2,4-5,8-9,12,15,17H,3,6-7,10-11H2,1H3,(H,16,18). The molecule has 0 aromatic heterocycles. The molecule has 1 unspecified atom stereocenters. The number of benzene rings is 1. The van der Waals surface area contributed by atoms with Crippen LogP contribution >= 0.6 is 0 Å². The molecular formula is C14H22N2O2. The summed E-state index contributed by atoms with van der Waals surface area (Å²) in [7, 11) is 0. The highest BCUT2D eigenvalue weighted by Gasteiger charge is 2.11. The van der Waals surface area contributed by atoms with E-state index >= 15 is 0 Å². The summed E-state index contributed by atoms with van der Waals surface area (Å²) in [5, 5.41) is 14.7. The Morgan fingerprint density at radius 1 is 1.22 bits per heavy atom. The molecule has 0 bridgehead atoms. The summed E-state index contributed by atoms with van der Waals surface area (Å²) in [6, 6.07) is 9.22. The Kier molecular flexibility index (Phi) is 7.06. The fourth-order valence-electron chi connectivity index (χ4n) is 1.60. The van der Waals surface area contributed by atoms with Crippen LogP contribution in [0.2, 0.25) is 0 Å².